The number of hydrogen-bond donors (Lipinski definition) is 2. The van der Waals surface area contributed by atoms with Gasteiger partial charge in [0.1, 0.15) is 5.69 Å². The van der Waals surface area contributed by atoms with Crippen molar-refractivity contribution in [2.75, 3.05) is 5.32 Å². The summed E-state index contributed by atoms with van der Waals surface area (Å²) >= 11 is 1.57. The van der Waals surface area contributed by atoms with Crippen LogP contribution in [0.5, 0.6) is 0 Å². The highest BCUT2D eigenvalue weighted by Gasteiger charge is 2.16. The average Bonchev–Trinajstić information content (AvgIpc) is 2.81. The first-order valence-corrected chi connectivity index (χ1v) is 6.77. The van der Waals surface area contributed by atoms with Crippen molar-refractivity contribution in [3.8, 4) is 0 Å². The Kier molecular flexibility index (Phi) is 3.99. The fourth-order valence-corrected chi connectivity index (χ4v) is 2.61. The SMILES string of the molecule is Cc1cscc1CNc1cc(C(N)=O)ccc1[N+](=O)[O-]. The molecule has 1 aromatic heterocycles. The highest BCUT2D eigenvalue weighted by atomic mass is 32.1. The molecule has 104 valence electrons. The molecule has 0 spiro atoms. The number of nitrogens with zero attached hydrogens (tertiary/aromatic N) is 1. The number of anilines is 1. The Morgan fingerprint density at radius 3 is 2.75 bits per heavy atom. The zero-order valence-corrected chi connectivity index (χ0v) is 11.6. The number of aryl methyl sites for hydroxylation is 1. The van der Waals surface area contributed by atoms with Gasteiger partial charge in [0.15, 0.2) is 0 Å². The molecule has 1 amide bonds. The van der Waals surface area contributed by atoms with E-state index in [1.54, 1.807) is 11.3 Å². The highest BCUT2D eigenvalue weighted by molar-refractivity contribution is 7.08. The number of nitro benzene ring substituents is 1. The quantitative estimate of drug-likeness (QED) is 0.653. The van der Waals surface area contributed by atoms with Gasteiger partial charge >= 0.3 is 0 Å². The van der Waals surface area contributed by atoms with Gasteiger partial charge in [0.25, 0.3) is 5.69 Å². The minimum Gasteiger partial charge on any atom is -0.375 e. The highest BCUT2D eigenvalue weighted by Crippen LogP contribution is 2.26. The molecule has 1 heterocycles. The summed E-state index contributed by atoms with van der Waals surface area (Å²) in [5.74, 6) is -0.616. The van der Waals surface area contributed by atoms with E-state index in [1.165, 1.54) is 18.2 Å². The number of thiophene rings is 1. The maximum atomic E-state index is 11.1. The number of amides is 1. The van der Waals surface area contributed by atoms with Crippen molar-refractivity contribution in [1.29, 1.82) is 0 Å². The molecule has 1 aromatic carbocycles. The van der Waals surface area contributed by atoms with Crippen LogP contribution in [0.1, 0.15) is 21.5 Å². The second kappa shape index (κ2) is 5.70. The van der Waals surface area contributed by atoms with E-state index in [-0.39, 0.29) is 16.9 Å². The molecule has 0 aliphatic carbocycles. The maximum Gasteiger partial charge on any atom is 0.292 e. The first-order valence-electron chi connectivity index (χ1n) is 5.83. The fraction of sp³-hybridized carbons (Fsp3) is 0.154. The van der Waals surface area contributed by atoms with Crippen LogP contribution in [0.15, 0.2) is 29.0 Å². The van der Waals surface area contributed by atoms with E-state index in [4.69, 9.17) is 5.73 Å². The van der Waals surface area contributed by atoms with Gasteiger partial charge in [-0.15, -0.1) is 0 Å². The van der Waals surface area contributed by atoms with Gasteiger partial charge in [-0.25, -0.2) is 0 Å². The molecule has 2 aromatic rings. The average molecular weight is 291 g/mol. The third-order valence-electron chi connectivity index (χ3n) is 2.91. The molecule has 0 fully saturated rings. The predicted octanol–water partition coefficient (Wildman–Crippen LogP) is 2.68. The molecule has 0 atom stereocenters. The van der Waals surface area contributed by atoms with Crippen molar-refractivity contribution in [2.24, 2.45) is 5.73 Å². The van der Waals surface area contributed by atoms with E-state index >= 15 is 0 Å². The summed E-state index contributed by atoms with van der Waals surface area (Å²) in [6.45, 7) is 2.43. The van der Waals surface area contributed by atoms with Gasteiger partial charge < -0.3 is 11.1 Å². The number of hydrogen-bond acceptors (Lipinski definition) is 5. The summed E-state index contributed by atoms with van der Waals surface area (Å²) in [7, 11) is 0. The van der Waals surface area contributed by atoms with Crippen LogP contribution in [0.3, 0.4) is 0 Å². The molecule has 7 heteroatoms. The lowest BCUT2D eigenvalue weighted by Gasteiger charge is -2.08. The molecule has 0 aliphatic rings. The smallest absolute Gasteiger partial charge is 0.292 e. The van der Waals surface area contributed by atoms with Gasteiger partial charge in [-0.05, 0) is 40.9 Å². The van der Waals surface area contributed by atoms with Gasteiger partial charge in [-0.1, -0.05) is 0 Å². The summed E-state index contributed by atoms with van der Waals surface area (Å²) in [6.07, 6.45) is 0. The maximum absolute atomic E-state index is 11.1. The van der Waals surface area contributed by atoms with Gasteiger partial charge in [0.2, 0.25) is 5.91 Å². The molecule has 20 heavy (non-hydrogen) atoms. The van der Waals surface area contributed by atoms with Crippen molar-refractivity contribution in [3.05, 3.63) is 55.8 Å². The van der Waals surface area contributed by atoms with Crippen LogP contribution >= 0.6 is 11.3 Å². The summed E-state index contributed by atoms with van der Waals surface area (Å²) in [5, 5.41) is 18.0. The Labute approximate surface area is 119 Å². The van der Waals surface area contributed by atoms with E-state index in [2.05, 4.69) is 5.32 Å². The Balaban J connectivity index is 2.28. The van der Waals surface area contributed by atoms with E-state index in [0.717, 1.165) is 11.1 Å². The van der Waals surface area contributed by atoms with E-state index < -0.39 is 10.8 Å². The normalized spacial score (nSPS) is 10.2. The molecular weight excluding hydrogens is 278 g/mol. The molecule has 0 radical (unpaired) electrons. The lowest BCUT2D eigenvalue weighted by molar-refractivity contribution is -0.384. The first kappa shape index (κ1) is 14.0. The first-order chi connectivity index (χ1) is 9.49. The zero-order valence-electron chi connectivity index (χ0n) is 10.8. The Morgan fingerprint density at radius 1 is 1.45 bits per heavy atom. The molecule has 0 aliphatic heterocycles. The van der Waals surface area contributed by atoms with Crippen molar-refractivity contribution >= 4 is 28.6 Å². The summed E-state index contributed by atoms with van der Waals surface area (Å²) in [5.41, 5.74) is 7.82. The number of benzene rings is 1. The van der Waals surface area contributed by atoms with Crippen LogP contribution in [-0.4, -0.2) is 10.8 Å². The van der Waals surface area contributed by atoms with Crippen LogP contribution in [0.2, 0.25) is 0 Å². The molecule has 2 rings (SSSR count). The summed E-state index contributed by atoms with van der Waals surface area (Å²) in [4.78, 5) is 21.6. The third kappa shape index (κ3) is 2.94. The van der Waals surface area contributed by atoms with Gasteiger partial charge in [-0.3, -0.25) is 14.9 Å². The minimum atomic E-state index is -0.616. The van der Waals surface area contributed by atoms with E-state index in [0.29, 0.717) is 6.54 Å². The van der Waals surface area contributed by atoms with Gasteiger partial charge in [0.05, 0.1) is 4.92 Å². The predicted molar refractivity (Wildman–Crippen MR) is 78.0 cm³/mol. The van der Waals surface area contributed by atoms with Gasteiger partial charge in [0, 0.05) is 18.2 Å². The standard InChI is InChI=1S/C13H13N3O3S/c1-8-6-20-7-10(8)5-15-11-4-9(13(14)17)2-3-12(11)16(18)19/h2-4,6-7,15H,5H2,1H3,(H2,14,17). The van der Waals surface area contributed by atoms with E-state index in [9.17, 15) is 14.9 Å². The molecule has 3 N–H and O–H groups in total. The zero-order chi connectivity index (χ0) is 14.7. The summed E-state index contributed by atoms with van der Waals surface area (Å²) < 4.78 is 0. The van der Waals surface area contributed by atoms with Crippen LogP contribution in [0.25, 0.3) is 0 Å². The molecular formula is C13H13N3O3S. The third-order valence-corrected chi connectivity index (χ3v) is 3.82. The number of carbonyl (C=O) groups is 1. The second-order valence-corrected chi connectivity index (χ2v) is 5.03. The Bertz CT molecular complexity index is 667. The number of nitro groups is 1. The Hall–Kier alpha value is -2.41. The summed E-state index contributed by atoms with van der Waals surface area (Å²) in [6, 6.07) is 4.03. The fourth-order valence-electron chi connectivity index (χ4n) is 1.75. The van der Waals surface area contributed by atoms with E-state index in [1.807, 2.05) is 17.7 Å². The lowest BCUT2D eigenvalue weighted by Crippen LogP contribution is -2.12. The van der Waals surface area contributed by atoms with Crippen LogP contribution < -0.4 is 11.1 Å². The minimum absolute atomic E-state index is 0.0807. The van der Waals surface area contributed by atoms with Crippen molar-refractivity contribution in [2.45, 2.75) is 13.5 Å². The van der Waals surface area contributed by atoms with Crippen LogP contribution in [-0.2, 0) is 6.54 Å². The Morgan fingerprint density at radius 2 is 2.20 bits per heavy atom. The van der Waals surface area contributed by atoms with Crippen molar-refractivity contribution in [3.63, 3.8) is 0 Å². The number of rotatable bonds is 5. The molecule has 0 unspecified atom stereocenters. The molecule has 6 nitrogen and oxygen atoms in total. The molecule has 0 saturated heterocycles. The number of nitrogens with two attached hydrogens (primary N) is 1. The topological polar surface area (TPSA) is 98.3 Å². The monoisotopic (exact) mass is 291 g/mol. The van der Waals surface area contributed by atoms with Crippen LogP contribution in [0.4, 0.5) is 11.4 Å². The van der Waals surface area contributed by atoms with Crippen molar-refractivity contribution in [1.82, 2.24) is 0 Å². The molecule has 0 bridgehead atoms. The largest absolute Gasteiger partial charge is 0.375 e. The number of primary amides is 1. The number of nitrogens with one attached hydrogen (secondary N) is 1. The second-order valence-electron chi connectivity index (χ2n) is 4.29. The molecule has 0 saturated carbocycles. The van der Waals surface area contributed by atoms with Crippen molar-refractivity contribution < 1.29 is 9.72 Å². The van der Waals surface area contributed by atoms with Crippen LogP contribution in [0, 0.1) is 17.0 Å². The van der Waals surface area contributed by atoms with Gasteiger partial charge in [-0.2, -0.15) is 11.3 Å². The lowest BCUT2D eigenvalue weighted by atomic mass is 10.1. The number of carbonyl (C=O) groups excluding carboxylic acids is 1.